The van der Waals surface area contributed by atoms with Crippen molar-refractivity contribution in [2.75, 3.05) is 0 Å². The second-order valence-electron chi connectivity index (χ2n) is 14.8. The number of aliphatic hydroxyl groups excluding tert-OH is 1. The van der Waals surface area contributed by atoms with E-state index in [1.807, 2.05) is 0 Å². The second kappa shape index (κ2) is 12.9. The molecule has 0 bridgehead atoms. The van der Waals surface area contributed by atoms with Crippen LogP contribution >= 0.6 is 0 Å². The lowest BCUT2D eigenvalue weighted by Gasteiger charge is -2.63. The largest absolute Gasteiger partial charge is 0.513 e. The average molecular weight is 489 g/mol. The van der Waals surface area contributed by atoms with E-state index in [1.165, 1.54) is 57.8 Å². The van der Waals surface area contributed by atoms with Crippen LogP contribution in [-0.2, 0) is 0 Å². The molecule has 0 aromatic carbocycles. The molecule has 0 spiro atoms. The molecule has 1 heteroatoms. The van der Waals surface area contributed by atoms with Crippen molar-refractivity contribution in [3.05, 3.63) is 12.3 Å². The molecular formula is C34H64O. The maximum atomic E-state index is 9.59. The normalized spacial score (nSPS) is 42.9. The number of rotatable bonds is 4. The summed E-state index contributed by atoms with van der Waals surface area (Å²) in [5, 5.41) is 9.59. The number of aliphatic hydroxyl groups is 1. The van der Waals surface area contributed by atoms with Crippen molar-refractivity contribution in [3.8, 4) is 0 Å². The van der Waals surface area contributed by atoms with Gasteiger partial charge in [-0.05, 0) is 115 Å². The van der Waals surface area contributed by atoms with E-state index in [-0.39, 0.29) is 0 Å². The zero-order valence-electron chi connectivity index (χ0n) is 25.6. The summed E-state index contributed by atoms with van der Waals surface area (Å²) in [5.41, 5.74) is 1.17. The standard InChI is InChI=1S/C27H46O.C4H10.C3H8/c1-17-11-13-26(5)21(15-17)16-19(3)25-23-10-9-22(18(2)7-8-20(4)28)27(23,6)14-12-24(25)26;1-4(2)3;1-3-2/h17-19,21-25,28H,4,7-16H2,1-3,5-6H3;4H,1-3H3;3H2,1-2H3. The maximum Gasteiger partial charge on any atom is 0.0851 e. The lowest BCUT2D eigenvalue weighted by Crippen LogP contribution is -2.56. The molecule has 0 aliphatic heterocycles. The average Bonchev–Trinajstić information content (AvgIpc) is 3.10. The monoisotopic (exact) mass is 488 g/mol. The van der Waals surface area contributed by atoms with Crippen LogP contribution in [0.4, 0.5) is 0 Å². The topological polar surface area (TPSA) is 20.2 Å². The Labute approximate surface area is 221 Å². The van der Waals surface area contributed by atoms with Crippen LogP contribution in [0, 0.1) is 64.1 Å². The first kappa shape index (κ1) is 30.8. The first-order valence-corrected chi connectivity index (χ1v) is 15.7. The molecule has 1 nitrogen and oxygen atoms in total. The van der Waals surface area contributed by atoms with E-state index in [9.17, 15) is 5.11 Å². The van der Waals surface area contributed by atoms with Crippen LogP contribution in [0.15, 0.2) is 12.3 Å². The van der Waals surface area contributed by atoms with Crippen molar-refractivity contribution < 1.29 is 5.11 Å². The molecule has 4 aliphatic carbocycles. The van der Waals surface area contributed by atoms with Gasteiger partial charge in [0.2, 0.25) is 0 Å². The molecule has 0 aromatic rings. The molecule has 4 saturated carbocycles. The van der Waals surface area contributed by atoms with Gasteiger partial charge in [-0.2, -0.15) is 0 Å². The van der Waals surface area contributed by atoms with Crippen molar-refractivity contribution in [2.45, 2.75) is 140 Å². The summed E-state index contributed by atoms with van der Waals surface area (Å²) in [6.45, 7) is 27.4. The summed E-state index contributed by atoms with van der Waals surface area (Å²) in [6, 6.07) is 0. The van der Waals surface area contributed by atoms with Gasteiger partial charge in [-0.3, -0.25) is 0 Å². The molecular weight excluding hydrogens is 424 g/mol. The summed E-state index contributed by atoms with van der Waals surface area (Å²) in [4.78, 5) is 0. The van der Waals surface area contributed by atoms with Crippen LogP contribution in [0.1, 0.15) is 140 Å². The molecule has 0 aromatic heterocycles. The Morgan fingerprint density at radius 1 is 0.886 bits per heavy atom. The van der Waals surface area contributed by atoms with Gasteiger partial charge in [-0.25, -0.2) is 0 Å². The summed E-state index contributed by atoms with van der Waals surface area (Å²) < 4.78 is 0. The van der Waals surface area contributed by atoms with Crippen LogP contribution in [-0.4, -0.2) is 5.11 Å². The van der Waals surface area contributed by atoms with E-state index in [1.54, 1.807) is 0 Å². The van der Waals surface area contributed by atoms with Crippen molar-refractivity contribution in [3.63, 3.8) is 0 Å². The van der Waals surface area contributed by atoms with Gasteiger partial charge in [0.05, 0.1) is 5.76 Å². The molecule has 4 rings (SSSR count). The minimum Gasteiger partial charge on any atom is -0.513 e. The third-order valence-corrected chi connectivity index (χ3v) is 10.9. The maximum absolute atomic E-state index is 9.59. The van der Waals surface area contributed by atoms with Gasteiger partial charge >= 0.3 is 0 Å². The molecule has 35 heavy (non-hydrogen) atoms. The van der Waals surface area contributed by atoms with Gasteiger partial charge in [0.1, 0.15) is 0 Å². The Kier molecular flexibility index (Phi) is 11.3. The molecule has 0 radical (unpaired) electrons. The Morgan fingerprint density at radius 3 is 2.00 bits per heavy atom. The number of allylic oxidation sites excluding steroid dienone is 1. The predicted octanol–water partition coefficient (Wildman–Crippen LogP) is 11.1. The highest BCUT2D eigenvalue weighted by Crippen LogP contribution is 2.69. The molecule has 10 atom stereocenters. The molecule has 0 heterocycles. The predicted molar refractivity (Wildman–Crippen MR) is 156 cm³/mol. The fourth-order valence-corrected chi connectivity index (χ4v) is 9.42. The van der Waals surface area contributed by atoms with Gasteiger partial charge in [0, 0.05) is 6.42 Å². The number of fused-ring (bicyclic) bond motifs is 5. The van der Waals surface area contributed by atoms with Crippen molar-refractivity contribution >= 4 is 0 Å². The smallest absolute Gasteiger partial charge is 0.0851 e. The third kappa shape index (κ3) is 6.90. The van der Waals surface area contributed by atoms with E-state index in [2.05, 4.69) is 75.8 Å². The molecule has 0 amide bonds. The van der Waals surface area contributed by atoms with E-state index in [0.29, 0.717) is 22.5 Å². The quantitative estimate of drug-likeness (QED) is 0.390. The minimum atomic E-state index is 0.377. The highest BCUT2D eigenvalue weighted by molar-refractivity contribution is 5.11. The Morgan fingerprint density at radius 2 is 1.43 bits per heavy atom. The summed E-state index contributed by atoms with van der Waals surface area (Å²) in [7, 11) is 0. The molecule has 4 fully saturated rings. The first-order chi connectivity index (χ1) is 16.3. The van der Waals surface area contributed by atoms with Gasteiger partial charge in [-0.1, -0.05) is 88.7 Å². The molecule has 206 valence electrons. The van der Waals surface area contributed by atoms with Crippen molar-refractivity contribution in [2.24, 2.45) is 64.1 Å². The molecule has 10 unspecified atom stereocenters. The van der Waals surface area contributed by atoms with Crippen molar-refractivity contribution in [1.82, 2.24) is 0 Å². The third-order valence-electron chi connectivity index (χ3n) is 10.9. The fraction of sp³-hybridized carbons (Fsp3) is 0.941. The fourth-order valence-electron chi connectivity index (χ4n) is 9.42. The Balaban J connectivity index is 0.000000551. The number of hydrogen-bond donors (Lipinski definition) is 1. The summed E-state index contributed by atoms with van der Waals surface area (Å²) in [6.07, 6.45) is 14.9. The van der Waals surface area contributed by atoms with Crippen LogP contribution in [0.25, 0.3) is 0 Å². The second-order valence-corrected chi connectivity index (χ2v) is 14.8. The summed E-state index contributed by atoms with van der Waals surface area (Å²) >= 11 is 0. The van der Waals surface area contributed by atoms with Crippen LogP contribution in [0.3, 0.4) is 0 Å². The molecule has 1 N–H and O–H groups in total. The zero-order chi connectivity index (χ0) is 26.6. The lowest BCUT2D eigenvalue weighted by atomic mass is 9.42. The van der Waals surface area contributed by atoms with Gasteiger partial charge < -0.3 is 5.11 Å². The van der Waals surface area contributed by atoms with E-state index in [4.69, 9.17) is 0 Å². The van der Waals surface area contributed by atoms with Crippen LogP contribution in [0.2, 0.25) is 0 Å². The van der Waals surface area contributed by atoms with E-state index >= 15 is 0 Å². The van der Waals surface area contributed by atoms with Gasteiger partial charge in [0.15, 0.2) is 0 Å². The van der Waals surface area contributed by atoms with Crippen LogP contribution < -0.4 is 0 Å². The van der Waals surface area contributed by atoms with E-state index in [0.717, 1.165) is 60.2 Å². The number of hydrogen-bond acceptors (Lipinski definition) is 1. The van der Waals surface area contributed by atoms with Crippen molar-refractivity contribution in [1.29, 1.82) is 0 Å². The highest BCUT2D eigenvalue weighted by Gasteiger charge is 2.61. The van der Waals surface area contributed by atoms with Gasteiger partial charge in [-0.15, -0.1) is 0 Å². The van der Waals surface area contributed by atoms with E-state index < -0.39 is 0 Å². The summed E-state index contributed by atoms with van der Waals surface area (Å²) in [5.74, 6) is 8.54. The highest BCUT2D eigenvalue weighted by atomic mass is 16.3. The SMILES string of the molecule is C=C(O)CCC(C)C1CCC2C3C(C)CC4CC(C)CCC4(C)C3CCC12C.CC(C)C.CCC. The Bertz CT molecular complexity index is 648. The molecule has 0 saturated heterocycles. The van der Waals surface area contributed by atoms with Gasteiger partial charge in [0.25, 0.3) is 0 Å². The first-order valence-electron chi connectivity index (χ1n) is 15.7. The zero-order valence-corrected chi connectivity index (χ0v) is 25.6. The van der Waals surface area contributed by atoms with Crippen LogP contribution in [0.5, 0.6) is 0 Å². The molecule has 4 aliphatic rings. The Hall–Kier alpha value is -0.460. The minimum absolute atomic E-state index is 0.377. The lowest BCUT2D eigenvalue weighted by molar-refractivity contribution is -0.142.